The van der Waals surface area contributed by atoms with E-state index in [-0.39, 0.29) is 11.5 Å². The highest BCUT2D eigenvalue weighted by Gasteiger charge is 2.16. The predicted molar refractivity (Wildman–Crippen MR) is 76.7 cm³/mol. The summed E-state index contributed by atoms with van der Waals surface area (Å²) in [4.78, 5) is 30.2. The lowest BCUT2D eigenvalue weighted by molar-refractivity contribution is -0.127. The maximum atomic E-state index is 12.0. The SMILES string of the molecule is CCO[C@H](CC)C(=O)Nc1ccc2nc[nH]c(=O)c2c1. The number of nitrogens with zero attached hydrogens (tertiary/aromatic N) is 1. The summed E-state index contributed by atoms with van der Waals surface area (Å²) >= 11 is 0. The molecular formula is C14H17N3O3. The minimum absolute atomic E-state index is 0.214. The van der Waals surface area contributed by atoms with Gasteiger partial charge in [0, 0.05) is 12.3 Å². The Morgan fingerprint density at radius 3 is 2.95 bits per heavy atom. The number of anilines is 1. The summed E-state index contributed by atoms with van der Waals surface area (Å²) in [5, 5.41) is 3.19. The number of H-pyrrole nitrogens is 1. The molecule has 1 atom stereocenters. The van der Waals surface area contributed by atoms with Crippen LogP contribution >= 0.6 is 0 Å². The number of aromatic amines is 1. The smallest absolute Gasteiger partial charge is 0.258 e. The fourth-order valence-electron chi connectivity index (χ4n) is 1.95. The molecule has 2 rings (SSSR count). The second kappa shape index (κ2) is 6.29. The van der Waals surface area contributed by atoms with Crippen molar-refractivity contribution in [1.29, 1.82) is 0 Å². The monoisotopic (exact) mass is 275 g/mol. The molecule has 0 spiro atoms. The second-order valence-electron chi connectivity index (χ2n) is 4.31. The van der Waals surface area contributed by atoms with Crippen LogP contribution in [-0.2, 0) is 9.53 Å². The van der Waals surface area contributed by atoms with Gasteiger partial charge in [0.25, 0.3) is 11.5 Å². The van der Waals surface area contributed by atoms with E-state index in [2.05, 4.69) is 15.3 Å². The lowest BCUT2D eigenvalue weighted by Crippen LogP contribution is -2.29. The molecule has 0 saturated carbocycles. The zero-order chi connectivity index (χ0) is 14.5. The molecule has 6 nitrogen and oxygen atoms in total. The molecule has 0 bridgehead atoms. The van der Waals surface area contributed by atoms with E-state index in [1.54, 1.807) is 18.2 Å². The number of hydrogen-bond acceptors (Lipinski definition) is 4. The number of rotatable bonds is 5. The highest BCUT2D eigenvalue weighted by Crippen LogP contribution is 2.14. The Morgan fingerprint density at radius 1 is 1.45 bits per heavy atom. The molecule has 1 aromatic heterocycles. The van der Waals surface area contributed by atoms with Crippen molar-refractivity contribution in [2.45, 2.75) is 26.4 Å². The molecule has 2 aromatic rings. The molecule has 0 aliphatic rings. The van der Waals surface area contributed by atoms with Gasteiger partial charge in [-0.2, -0.15) is 0 Å². The van der Waals surface area contributed by atoms with Gasteiger partial charge in [-0.25, -0.2) is 4.98 Å². The summed E-state index contributed by atoms with van der Waals surface area (Å²) in [5.41, 5.74) is 0.908. The molecule has 2 N–H and O–H groups in total. The van der Waals surface area contributed by atoms with Crippen LogP contribution in [0.4, 0.5) is 5.69 Å². The Hall–Kier alpha value is -2.21. The quantitative estimate of drug-likeness (QED) is 0.869. The number of hydrogen-bond donors (Lipinski definition) is 2. The third kappa shape index (κ3) is 3.03. The van der Waals surface area contributed by atoms with Crippen molar-refractivity contribution in [1.82, 2.24) is 9.97 Å². The first kappa shape index (κ1) is 14.2. The molecule has 1 aromatic carbocycles. The zero-order valence-corrected chi connectivity index (χ0v) is 11.5. The van der Waals surface area contributed by atoms with Crippen molar-refractivity contribution >= 4 is 22.5 Å². The van der Waals surface area contributed by atoms with Crippen LogP contribution in [0.15, 0.2) is 29.3 Å². The van der Waals surface area contributed by atoms with E-state index in [1.807, 2.05) is 13.8 Å². The van der Waals surface area contributed by atoms with Crippen LogP contribution in [-0.4, -0.2) is 28.6 Å². The van der Waals surface area contributed by atoms with E-state index in [9.17, 15) is 9.59 Å². The number of carbonyl (C=O) groups excluding carboxylic acids is 1. The molecular weight excluding hydrogens is 258 g/mol. The average molecular weight is 275 g/mol. The molecule has 0 unspecified atom stereocenters. The summed E-state index contributed by atoms with van der Waals surface area (Å²) < 4.78 is 5.34. The van der Waals surface area contributed by atoms with Crippen LogP contribution in [0.2, 0.25) is 0 Å². The number of carbonyl (C=O) groups is 1. The predicted octanol–water partition coefficient (Wildman–Crippen LogP) is 1.68. The fraction of sp³-hybridized carbons (Fsp3) is 0.357. The van der Waals surface area contributed by atoms with Gasteiger partial charge in [-0.05, 0) is 31.5 Å². The van der Waals surface area contributed by atoms with Gasteiger partial charge in [0.2, 0.25) is 0 Å². The third-order valence-electron chi connectivity index (χ3n) is 2.94. The first-order chi connectivity index (χ1) is 9.65. The van der Waals surface area contributed by atoms with Gasteiger partial charge in [-0.3, -0.25) is 9.59 Å². The molecule has 1 heterocycles. The van der Waals surface area contributed by atoms with Gasteiger partial charge in [0.15, 0.2) is 0 Å². The molecule has 0 aliphatic heterocycles. The molecule has 0 aliphatic carbocycles. The standard InChI is InChI=1S/C14H17N3O3/c1-3-12(20-4-2)14(19)17-9-5-6-11-10(7-9)13(18)16-8-15-11/h5-8,12H,3-4H2,1-2H3,(H,17,19)(H,15,16,18)/t12-/m1/s1. The molecule has 0 fully saturated rings. The zero-order valence-electron chi connectivity index (χ0n) is 11.5. The van der Waals surface area contributed by atoms with Gasteiger partial charge in [-0.15, -0.1) is 0 Å². The van der Waals surface area contributed by atoms with E-state index in [4.69, 9.17) is 4.74 Å². The van der Waals surface area contributed by atoms with Crippen molar-refractivity contribution in [2.75, 3.05) is 11.9 Å². The molecule has 20 heavy (non-hydrogen) atoms. The van der Waals surface area contributed by atoms with Crippen LogP contribution in [0, 0.1) is 0 Å². The summed E-state index contributed by atoms with van der Waals surface area (Å²) in [6, 6.07) is 5.02. The number of aromatic nitrogens is 2. The summed E-state index contributed by atoms with van der Waals surface area (Å²) in [6.45, 7) is 4.21. The van der Waals surface area contributed by atoms with E-state index in [0.717, 1.165) is 0 Å². The van der Waals surface area contributed by atoms with Crippen LogP contribution in [0.25, 0.3) is 10.9 Å². The summed E-state index contributed by atoms with van der Waals surface area (Å²) in [6.07, 6.45) is 1.46. The maximum absolute atomic E-state index is 12.0. The van der Waals surface area contributed by atoms with Crippen molar-refractivity contribution in [2.24, 2.45) is 0 Å². The number of ether oxygens (including phenoxy) is 1. The number of fused-ring (bicyclic) bond motifs is 1. The number of nitrogens with one attached hydrogen (secondary N) is 2. The molecule has 6 heteroatoms. The Bertz CT molecular complexity index is 666. The lowest BCUT2D eigenvalue weighted by atomic mass is 10.2. The van der Waals surface area contributed by atoms with Gasteiger partial charge in [0.05, 0.1) is 17.2 Å². The van der Waals surface area contributed by atoms with Crippen LogP contribution < -0.4 is 10.9 Å². The van der Waals surface area contributed by atoms with Crippen molar-refractivity contribution in [3.8, 4) is 0 Å². The van der Waals surface area contributed by atoms with Crippen molar-refractivity contribution in [3.05, 3.63) is 34.9 Å². The van der Waals surface area contributed by atoms with Crippen LogP contribution in [0.1, 0.15) is 20.3 Å². The van der Waals surface area contributed by atoms with E-state index < -0.39 is 6.10 Å². The maximum Gasteiger partial charge on any atom is 0.258 e. The normalized spacial score (nSPS) is 12.3. The molecule has 106 valence electrons. The fourth-order valence-corrected chi connectivity index (χ4v) is 1.95. The molecule has 0 radical (unpaired) electrons. The Labute approximate surface area is 116 Å². The van der Waals surface area contributed by atoms with Crippen molar-refractivity contribution in [3.63, 3.8) is 0 Å². The average Bonchev–Trinajstić information content (AvgIpc) is 2.45. The highest BCUT2D eigenvalue weighted by atomic mass is 16.5. The minimum atomic E-state index is -0.483. The Balaban J connectivity index is 2.23. The van der Waals surface area contributed by atoms with Crippen LogP contribution in [0.5, 0.6) is 0 Å². The largest absolute Gasteiger partial charge is 0.369 e. The van der Waals surface area contributed by atoms with Gasteiger partial charge in [-0.1, -0.05) is 6.92 Å². The highest BCUT2D eigenvalue weighted by molar-refractivity contribution is 5.96. The minimum Gasteiger partial charge on any atom is -0.369 e. The molecule has 0 saturated heterocycles. The number of benzene rings is 1. The summed E-state index contributed by atoms with van der Waals surface area (Å²) in [7, 11) is 0. The second-order valence-corrected chi connectivity index (χ2v) is 4.31. The molecule has 1 amide bonds. The van der Waals surface area contributed by atoms with Crippen molar-refractivity contribution < 1.29 is 9.53 Å². The van der Waals surface area contributed by atoms with Gasteiger partial charge >= 0.3 is 0 Å². The summed E-state index contributed by atoms with van der Waals surface area (Å²) in [5.74, 6) is -0.214. The first-order valence-corrected chi connectivity index (χ1v) is 6.55. The first-order valence-electron chi connectivity index (χ1n) is 6.55. The van der Waals surface area contributed by atoms with Gasteiger partial charge in [0.1, 0.15) is 6.10 Å². The topological polar surface area (TPSA) is 84.1 Å². The van der Waals surface area contributed by atoms with Gasteiger partial charge < -0.3 is 15.0 Å². The Kier molecular flexibility index (Phi) is 4.47. The van der Waals surface area contributed by atoms with E-state index in [1.165, 1.54) is 6.33 Å². The number of amides is 1. The van der Waals surface area contributed by atoms with E-state index in [0.29, 0.717) is 29.6 Å². The lowest BCUT2D eigenvalue weighted by Gasteiger charge is -2.14. The van der Waals surface area contributed by atoms with E-state index >= 15 is 0 Å². The Morgan fingerprint density at radius 2 is 2.25 bits per heavy atom. The van der Waals surface area contributed by atoms with Crippen LogP contribution in [0.3, 0.4) is 0 Å². The third-order valence-corrected chi connectivity index (χ3v) is 2.94.